The maximum Gasteiger partial charge on any atom is -0.358 e. The van der Waals surface area contributed by atoms with Crippen molar-refractivity contribution < 1.29 is 24.2 Å². The van der Waals surface area contributed by atoms with E-state index in [9.17, 15) is 0 Å². The smallest absolute Gasteiger partial charge is 0.358 e. The average molecular weight is 638 g/mol. The van der Waals surface area contributed by atoms with Crippen molar-refractivity contribution in [1.82, 2.24) is 0 Å². The van der Waals surface area contributed by atoms with Gasteiger partial charge in [0.2, 0.25) is 0 Å². The van der Waals surface area contributed by atoms with E-state index < -0.39 is 0 Å². The molecule has 0 amide bonds. The molecule has 3 aromatic carbocycles. The van der Waals surface area contributed by atoms with E-state index in [1.54, 1.807) is 0 Å². The molecule has 226 valence electrons. The van der Waals surface area contributed by atoms with E-state index in [4.69, 9.17) is 0 Å². The molecule has 0 aliphatic heterocycles. The van der Waals surface area contributed by atoms with Gasteiger partial charge in [0.25, 0.3) is 0 Å². The van der Waals surface area contributed by atoms with Crippen LogP contribution in [0.1, 0.15) is 104 Å². The molecule has 3 aromatic rings. The van der Waals surface area contributed by atoms with Crippen molar-refractivity contribution >= 4 is 4.21 Å². The molecular formula is C41H54Zr-4. The quantitative estimate of drug-likeness (QED) is 0.168. The number of benzene rings is 3. The minimum atomic E-state index is 0. The minimum absolute atomic E-state index is 0. The molecule has 0 N–H and O–H groups in total. The average Bonchev–Trinajstić information content (AvgIpc) is 3.43. The SMILES string of the molecule is CC(C)(C)c1[c-]c2c(cc1)-c1ccc(C(C)(C)C)cc1C2.CC1=[C-]C(C)C=C1C(C)(C)C.Cc1cc[c-]cc1.[CH2]=[Zr].[CH3-]. The van der Waals surface area contributed by atoms with Crippen LogP contribution in [0.3, 0.4) is 0 Å². The molecule has 42 heavy (non-hydrogen) atoms. The number of allylic oxidation sites excluding steroid dienone is 4. The predicted molar refractivity (Wildman–Crippen MR) is 184 cm³/mol. The third-order valence-corrected chi connectivity index (χ3v) is 7.42. The number of hydrogen-bond donors (Lipinski definition) is 0. The Morgan fingerprint density at radius 1 is 0.762 bits per heavy atom. The number of rotatable bonds is 0. The van der Waals surface area contributed by atoms with Crippen LogP contribution in [0.5, 0.6) is 0 Å². The first kappa shape index (κ1) is 37.9. The van der Waals surface area contributed by atoms with Crippen molar-refractivity contribution in [2.75, 3.05) is 0 Å². The second-order valence-electron chi connectivity index (χ2n) is 14.3. The van der Waals surface area contributed by atoms with E-state index in [0.29, 0.717) is 11.3 Å². The van der Waals surface area contributed by atoms with E-state index >= 15 is 0 Å². The first-order chi connectivity index (χ1) is 19.0. The van der Waals surface area contributed by atoms with Crippen LogP contribution in [0.15, 0.2) is 71.8 Å². The summed E-state index contributed by atoms with van der Waals surface area (Å²) in [5.74, 6) is 0.518. The van der Waals surface area contributed by atoms with E-state index in [0.717, 1.165) is 6.42 Å². The minimum Gasteiger partial charge on any atom is -0.358 e. The van der Waals surface area contributed by atoms with Crippen molar-refractivity contribution in [1.29, 1.82) is 0 Å². The Hall–Kier alpha value is -2.11. The van der Waals surface area contributed by atoms with E-state index in [-0.39, 0.29) is 18.3 Å². The van der Waals surface area contributed by atoms with Crippen LogP contribution in [0.4, 0.5) is 0 Å². The second-order valence-corrected chi connectivity index (χ2v) is 14.3. The van der Waals surface area contributed by atoms with Crippen LogP contribution < -0.4 is 0 Å². The van der Waals surface area contributed by atoms with Gasteiger partial charge in [0.1, 0.15) is 0 Å². The second kappa shape index (κ2) is 15.6. The van der Waals surface area contributed by atoms with Crippen LogP contribution in [0.2, 0.25) is 0 Å². The van der Waals surface area contributed by atoms with Gasteiger partial charge in [-0.3, -0.25) is 6.08 Å². The summed E-state index contributed by atoms with van der Waals surface area (Å²) in [6.07, 6.45) is 6.74. The number of aryl methyl sites for hydroxylation is 1. The summed E-state index contributed by atoms with van der Waals surface area (Å²) in [7, 11) is 0. The first-order valence-electron chi connectivity index (χ1n) is 14.8. The number of fused-ring (bicyclic) bond motifs is 3. The van der Waals surface area contributed by atoms with Crippen LogP contribution in [-0.4, -0.2) is 4.21 Å². The largest absolute Gasteiger partial charge is 0.358 e. The zero-order valence-electron chi connectivity index (χ0n) is 28.8. The third kappa shape index (κ3) is 10.6. The van der Waals surface area contributed by atoms with E-state index in [1.165, 1.54) is 74.3 Å². The molecule has 5 rings (SSSR count). The number of hydrogen-bond acceptors (Lipinski definition) is 0. The van der Waals surface area contributed by atoms with Crippen LogP contribution in [0.25, 0.3) is 11.1 Å². The van der Waals surface area contributed by atoms with Crippen LogP contribution in [0, 0.1) is 43.9 Å². The molecule has 0 bridgehead atoms. The molecule has 1 atom stereocenters. The predicted octanol–water partition coefficient (Wildman–Crippen LogP) is 11.2. The Kier molecular flexibility index (Phi) is 14.1. The molecule has 0 saturated carbocycles. The molecule has 0 radical (unpaired) electrons. The van der Waals surface area contributed by atoms with Gasteiger partial charge in [-0.05, 0) is 28.4 Å². The van der Waals surface area contributed by atoms with Crippen molar-refractivity contribution in [2.45, 2.75) is 100 Å². The van der Waals surface area contributed by atoms with Crippen molar-refractivity contribution in [3.8, 4) is 11.1 Å². The zero-order valence-corrected chi connectivity index (χ0v) is 31.2. The van der Waals surface area contributed by atoms with Crippen molar-refractivity contribution in [3.05, 3.63) is 125 Å². The topological polar surface area (TPSA) is 0 Å². The summed E-state index contributed by atoms with van der Waals surface area (Å²) < 4.78 is 3.34. The fourth-order valence-electron chi connectivity index (χ4n) is 5.15. The summed E-state index contributed by atoms with van der Waals surface area (Å²) in [4.78, 5) is 0. The van der Waals surface area contributed by atoms with Gasteiger partial charge in [-0.1, -0.05) is 118 Å². The summed E-state index contributed by atoms with van der Waals surface area (Å²) in [5.41, 5.74) is 13.1. The van der Waals surface area contributed by atoms with E-state index in [2.05, 4.69) is 142 Å². The monoisotopic (exact) mass is 636 g/mol. The molecular weight excluding hydrogens is 584 g/mol. The summed E-state index contributed by atoms with van der Waals surface area (Å²) in [5, 5.41) is 0. The molecule has 0 spiro atoms. The Morgan fingerprint density at radius 3 is 1.74 bits per heavy atom. The fourth-order valence-corrected chi connectivity index (χ4v) is 5.15. The first-order valence-corrected chi connectivity index (χ1v) is 16.5. The van der Waals surface area contributed by atoms with Gasteiger partial charge in [-0.15, -0.1) is 11.1 Å². The third-order valence-electron chi connectivity index (χ3n) is 7.42. The molecule has 1 heteroatoms. The van der Waals surface area contributed by atoms with E-state index in [1.807, 2.05) is 24.3 Å². The fraction of sp³-hybridized carbons (Fsp3) is 0.415. The van der Waals surface area contributed by atoms with Crippen LogP contribution in [-0.2, 0) is 41.5 Å². The summed E-state index contributed by atoms with van der Waals surface area (Å²) >= 11 is 1.30. The molecule has 0 aromatic heterocycles. The van der Waals surface area contributed by atoms with Gasteiger partial charge in [-0.25, -0.2) is 5.57 Å². The Labute approximate surface area is 275 Å². The van der Waals surface area contributed by atoms with Crippen LogP contribution >= 0.6 is 0 Å². The van der Waals surface area contributed by atoms with Gasteiger partial charge in [0.15, 0.2) is 0 Å². The Bertz CT molecular complexity index is 1290. The molecule has 0 nitrogen and oxygen atoms in total. The molecule has 1 unspecified atom stereocenters. The summed E-state index contributed by atoms with van der Waals surface area (Å²) in [6, 6.07) is 26.0. The molecule has 0 fully saturated rings. The van der Waals surface area contributed by atoms with Gasteiger partial charge in [0, 0.05) is 0 Å². The molecule has 0 saturated heterocycles. The maximum absolute atomic E-state index is 3.67. The van der Waals surface area contributed by atoms with Gasteiger partial charge in [0.05, 0.1) is 0 Å². The van der Waals surface area contributed by atoms with Crippen molar-refractivity contribution in [3.63, 3.8) is 0 Å². The standard InChI is InChI=1S/C21H25.C11H17.C7H7.CH3.CH2.Zr/c1-20(2,3)16-7-9-18-14(12-16)11-15-13-17(21(4,5)6)8-10-19(15)18;1-8-6-9(2)10(7-8)11(3,4)5;1-7-5-3-2-4-6-7;;;/h7-10,12H,11H2,1-6H3;7-8H,1-5H3;3-6H,1H3;1H3;1H2;/q4*-1;;. The Morgan fingerprint density at radius 2 is 1.33 bits per heavy atom. The van der Waals surface area contributed by atoms with Gasteiger partial charge in [-0.2, -0.15) is 71.3 Å². The van der Waals surface area contributed by atoms with Gasteiger partial charge >= 0.3 is 28.4 Å². The maximum atomic E-state index is 3.67. The zero-order chi connectivity index (χ0) is 31.2. The molecule has 2 aliphatic carbocycles. The summed E-state index contributed by atoms with van der Waals surface area (Å²) in [6.45, 7) is 26.8. The molecule has 0 heterocycles. The molecule has 2 aliphatic rings. The van der Waals surface area contributed by atoms with Crippen molar-refractivity contribution in [2.24, 2.45) is 11.3 Å². The van der Waals surface area contributed by atoms with Gasteiger partial charge < -0.3 is 7.43 Å². The normalized spacial score (nSPS) is 15.1. The Balaban J connectivity index is 0.000000352.